The van der Waals surface area contributed by atoms with Crippen LogP contribution >= 0.6 is 11.6 Å². The molecular formula is C11H18ClN3O2. The molecule has 0 aliphatic carbocycles. The smallest absolute Gasteiger partial charge is 0.323 e. The Labute approximate surface area is 106 Å². The van der Waals surface area contributed by atoms with Crippen molar-refractivity contribution in [3.05, 3.63) is 16.9 Å². The number of hydrogen-bond donors (Lipinski definition) is 2. The summed E-state index contributed by atoms with van der Waals surface area (Å²) in [5.41, 5.74) is 5.42. The standard InChI is InChI=1S/C11H18ClN3O2/c1-8-9(12)7-14-15(8)6-4-3-5-11(2,13)10(16)17/h7H,3-6,13H2,1-2H3,(H,16,17). The van der Waals surface area contributed by atoms with Gasteiger partial charge in [0.15, 0.2) is 0 Å². The Hall–Kier alpha value is -1.07. The van der Waals surface area contributed by atoms with Gasteiger partial charge in [0.25, 0.3) is 0 Å². The number of aromatic nitrogens is 2. The normalized spacial score (nSPS) is 14.6. The number of carboxylic acids is 1. The second-order valence-corrected chi connectivity index (χ2v) is 4.89. The lowest BCUT2D eigenvalue weighted by Gasteiger charge is -2.18. The van der Waals surface area contributed by atoms with E-state index >= 15 is 0 Å². The quantitative estimate of drug-likeness (QED) is 0.764. The van der Waals surface area contributed by atoms with Crippen molar-refractivity contribution >= 4 is 17.6 Å². The molecule has 17 heavy (non-hydrogen) atoms. The Morgan fingerprint density at radius 3 is 2.76 bits per heavy atom. The highest BCUT2D eigenvalue weighted by atomic mass is 35.5. The van der Waals surface area contributed by atoms with Crippen LogP contribution in [0.2, 0.25) is 5.02 Å². The monoisotopic (exact) mass is 259 g/mol. The van der Waals surface area contributed by atoms with Crippen molar-refractivity contribution in [2.45, 2.75) is 45.2 Å². The van der Waals surface area contributed by atoms with Crippen molar-refractivity contribution in [2.75, 3.05) is 0 Å². The molecule has 1 aromatic heterocycles. The van der Waals surface area contributed by atoms with Crippen LogP contribution in [-0.2, 0) is 11.3 Å². The van der Waals surface area contributed by atoms with Gasteiger partial charge >= 0.3 is 5.97 Å². The first-order valence-electron chi connectivity index (χ1n) is 5.55. The molecular weight excluding hydrogens is 242 g/mol. The fourth-order valence-electron chi connectivity index (χ4n) is 1.51. The van der Waals surface area contributed by atoms with Crippen molar-refractivity contribution in [2.24, 2.45) is 5.73 Å². The zero-order valence-electron chi connectivity index (χ0n) is 10.1. The van der Waals surface area contributed by atoms with E-state index in [-0.39, 0.29) is 0 Å². The number of rotatable bonds is 6. The van der Waals surface area contributed by atoms with Crippen molar-refractivity contribution in [1.82, 2.24) is 9.78 Å². The molecule has 1 aromatic rings. The molecule has 1 unspecified atom stereocenters. The molecule has 1 atom stereocenters. The van der Waals surface area contributed by atoms with Crippen molar-refractivity contribution in [1.29, 1.82) is 0 Å². The second kappa shape index (κ2) is 5.51. The van der Waals surface area contributed by atoms with Crippen molar-refractivity contribution in [3.63, 3.8) is 0 Å². The lowest BCUT2D eigenvalue weighted by Crippen LogP contribution is -2.44. The van der Waals surface area contributed by atoms with E-state index in [1.54, 1.807) is 6.20 Å². The third-order valence-electron chi connectivity index (χ3n) is 2.85. The van der Waals surface area contributed by atoms with E-state index < -0.39 is 11.5 Å². The predicted molar refractivity (Wildman–Crippen MR) is 66.1 cm³/mol. The van der Waals surface area contributed by atoms with E-state index in [0.717, 1.165) is 25.1 Å². The Kier molecular flexibility index (Phi) is 4.54. The summed E-state index contributed by atoms with van der Waals surface area (Å²) in [6, 6.07) is 0. The number of carbonyl (C=O) groups is 1. The molecule has 0 saturated carbocycles. The highest BCUT2D eigenvalue weighted by Gasteiger charge is 2.26. The fourth-order valence-corrected chi connectivity index (χ4v) is 1.65. The number of hydrogen-bond acceptors (Lipinski definition) is 3. The highest BCUT2D eigenvalue weighted by Crippen LogP contribution is 2.15. The number of carboxylic acid groups (broad SMARTS) is 1. The van der Waals surface area contributed by atoms with Crippen LogP contribution in [0.25, 0.3) is 0 Å². The van der Waals surface area contributed by atoms with Gasteiger partial charge in [0.1, 0.15) is 5.54 Å². The Bertz CT molecular complexity index is 401. The summed E-state index contributed by atoms with van der Waals surface area (Å²) in [5.74, 6) is -0.962. The molecule has 0 aliphatic heterocycles. The molecule has 0 radical (unpaired) electrons. The maximum atomic E-state index is 10.8. The summed E-state index contributed by atoms with van der Waals surface area (Å²) in [5, 5.41) is 13.6. The zero-order valence-corrected chi connectivity index (χ0v) is 10.9. The van der Waals surface area contributed by atoms with Gasteiger partial charge in [-0.05, 0) is 33.1 Å². The second-order valence-electron chi connectivity index (χ2n) is 4.48. The van der Waals surface area contributed by atoms with Crippen LogP contribution in [0.15, 0.2) is 6.20 Å². The summed E-state index contributed by atoms with van der Waals surface area (Å²) >= 11 is 5.88. The molecule has 5 nitrogen and oxygen atoms in total. The lowest BCUT2D eigenvalue weighted by molar-refractivity contribution is -0.142. The summed E-state index contributed by atoms with van der Waals surface area (Å²) in [4.78, 5) is 10.8. The highest BCUT2D eigenvalue weighted by molar-refractivity contribution is 6.31. The summed E-state index contributed by atoms with van der Waals surface area (Å²) in [6.45, 7) is 4.17. The van der Waals surface area contributed by atoms with Crippen molar-refractivity contribution in [3.8, 4) is 0 Å². The van der Waals surface area contributed by atoms with E-state index in [0.29, 0.717) is 11.4 Å². The van der Waals surface area contributed by atoms with Gasteiger partial charge in [0.05, 0.1) is 16.9 Å². The van der Waals surface area contributed by atoms with Gasteiger partial charge in [-0.1, -0.05) is 11.6 Å². The SMILES string of the molecule is Cc1c(Cl)cnn1CCCCC(C)(N)C(=O)O. The van der Waals surface area contributed by atoms with Gasteiger partial charge in [0.2, 0.25) is 0 Å². The molecule has 1 heterocycles. The van der Waals surface area contributed by atoms with Gasteiger partial charge in [-0.2, -0.15) is 5.10 Å². The first kappa shape index (κ1) is 14.0. The summed E-state index contributed by atoms with van der Waals surface area (Å²) < 4.78 is 1.82. The van der Waals surface area contributed by atoms with Crippen LogP contribution < -0.4 is 5.73 Å². The van der Waals surface area contributed by atoms with Gasteiger partial charge in [0, 0.05) is 6.54 Å². The van der Waals surface area contributed by atoms with Crippen LogP contribution in [0.3, 0.4) is 0 Å². The molecule has 0 aliphatic rings. The summed E-state index contributed by atoms with van der Waals surface area (Å²) in [7, 11) is 0. The topological polar surface area (TPSA) is 81.1 Å². The van der Waals surface area contributed by atoms with Crippen LogP contribution in [0.5, 0.6) is 0 Å². The van der Waals surface area contributed by atoms with Crippen LogP contribution in [0.4, 0.5) is 0 Å². The van der Waals surface area contributed by atoms with Crippen LogP contribution in [0.1, 0.15) is 31.9 Å². The molecule has 0 fully saturated rings. The first-order valence-corrected chi connectivity index (χ1v) is 5.92. The molecule has 1 rings (SSSR count). The molecule has 3 N–H and O–H groups in total. The minimum absolute atomic E-state index is 0.455. The third-order valence-corrected chi connectivity index (χ3v) is 3.22. The minimum Gasteiger partial charge on any atom is -0.480 e. The largest absolute Gasteiger partial charge is 0.480 e. The van der Waals surface area contributed by atoms with E-state index in [1.807, 2.05) is 11.6 Å². The van der Waals surface area contributed by atoms with E-state index in [2.05, 4.69) is 5.10 Å². The van der Waals surface area contributed by atoms with Gasteiger partial charge in [-0.15, -0.1) is 0 Å². The van der Waals surface area contributed by atoms with Gasteiger partial charge in [-0.25, -0.2) is 0 Å². The Morgan fingerprint density at radius 1 is 1.65 bits per heavy atom. The van der Waals surface area contributed by atoms with Crippen LogP contribution in [0, 0.1) is 6.92 Å². The maximum Gasteiger partial charge on any atom is 0.323 e. The van der Waals surface area contributed by atoms with Crippen molar-refractivity contribution < 1.29 is 9.90 Å². The van der Waals surface area contributed by atoms with E-state index in [9.17, 15) is 4.79 Å². The lowest BCUT2D eigenvalue weighted by atomic mass is 9.96. The van der Waals surface area contributed by atoms with Gasteiger partial charge < -0.3 is 10.8 Å². The zero-order chi connectivity index (χ0) is 13.1. The Morgan fingerprint density at radius 2 is 2.29 bits per heavy atom. The molecule has 0 spiro atoms. The fraction of sp³-hybridized carbons (Fsp3) is 0.636. The number of aryl methyl sites for hydroxylation is 1. The maximum absolute atomic E-state index is 10.8. The predicted octanol–water partition coefficient (Wildman–Crippen LogP) is 1.82. The number of nitrogens with zero attached hydrogens (tertiary/aromatic N) is 2. The molecule has 0 amide bonds. The number of unbranched alkanes of at least 4 members (excludes halogenated alkanes) is 1. The first-order chi connectivity index (χ1) is 7.84. The number of halogens is 1. The van der Waals surface area contributed by atoms with E-state index in [1.165, 1.54) is 6.92 Å². The van der Waals surface area contributed by atoms with E-state index in [4.69, 9.17) is 22.4 Å². The average molecular weight is 260 g/mol. The van der Waals surface area contributed by atoms with Gasteiger partial charge in [-0.3, -0.25) is 9.48 Å². The molecule has 6 heteroatoms. The molecule has 96 valence electrons. The molecule has 0 saturated heterocycles. The molecule has 0 bridgehead atoms. The molecule has 0 aromatic carbocycles. The minimum atomic E-state index is -1.14. The number of nitrogens with two attached hydrogens (primary N) is 1. The number of aliphatic carboxylic acids is 1. The van der Waals surface area contributed by atoms with Crippen LogP contribution in [-0.4, -0.2) is 26.4 Å². The average Bonchev–Trinajstić information content (AvgIpc) is 2.55. The summed E-state index contributed by atoms with van der Waals surface area (Å²) in [6.07, 6.45) is 3.65. The Balaban J connectivity index is 2.34. The third kappa shape index (κ3) is 3.71.